The first-order valence-corrected chi connectivity index (χ1v) is 7.41. The summed E-state index contributed by atoms with van der Waals surface area (Å²) in [5.41, 5.74) is 0. The number of nitrogens with zero attached hydrogens (tertiary/aromatic N) is 2. The van der Waals surface area contributed by atoms with E-state index in [1.54, 1.807) is 0 Å². The molecule has 19 heavy (non-hydrogen) atoms. The Labute approximate surface area is 117 Å². The van der Waals surface area contributed by atoms with Crippen LogP contribution in [-0.4, -0.2) is 74.7 Å². The number of piperazine rings is 1. The lowest BCUT2D eigenvalue weighted by Gasteiger charge is -2.31. The molecule has 0 aromatic heterocycles. The van der Waals surface area contributed by atoms with Crippen LogP contribution in [0.25, 0.3) is 0 Å². The maximum Gasteiger partial charge on any atom is 0.234 e. The van der Waals surface area contributed by atoms with Gasteiger partial charge in [-0.3, -0.25) is 9.69 Å². The standard InChI is InChI=1S/C14H29N3O2/c1-4-13(2)19-11-5-6-15-14(18)12-17-9-7-16(3)8-10-17/h13H,4-12H2,1-3H3,(H,15,18). The van der Waals surface area contributed by atoms with Crippen molar-refractivity contribution in [3.63, 3.8) is 0 Å². The molecular formula is C14H29N3O2. The van der Waals surface area contributed by atoms with E-state index >= 15 is 0 Å². The quantitative estimate of drug-likeness (QED) is 0.655. The Balaban J connectivity index is 1.99. The van der Waals surface area contributed by atoms with Crippen molar-refractivity contribution < 1.29 is 9.53 Å². The second-order valence-corrected chi connectivity index (χ2v) is 5.37. The van der Waals surface area contributed by atoms with Crippen LogP contribution in [0.15, 0.2) is 0 Å². The molecule has 0 spiro atoms. The Hall–Kier alpha value is -0.650. The SMILES string of the molecule is CCC(C)OCCCNC(=O)CN1CCN(C)CC1. The molecule has 0 aliphatic carbocycles. The van der Waals surface area contributed by atoms with Gasteiger partial charge in [0.25, 0.3) is 0 Å². The zero-order valence-corrected chi connectivity index (χ0v) is 12.7. The Kier molecular flexibility index (Phi) is 8.02. The van der Waals surface area contributed by atoms with Gasteiger partial charge in [0.15, 0.2) is 0 Å². The van der Waals surface area contributed by atoms with Crippen LogP contribution in [0, 0.1) is 0 Å². The van der Waals surface area contributed by atoms with Crippen LogP contribution >= 0.6 is 0 Å². The molecule has 0 radical (unpaired) electrons. The second kappa shape index (κ2) is 9.28. The Morgan fingerprint density at radius 2 is 2.00 bits per heavy atom. The van der Waals surface area contributed by atoms with Gasteiger partial charge in [-0.15, -0.1) is 0 Å². The predicted octanol–water partition coefficient (Wildman–Crippen LogP) is 0.555. The fourth-order valence-corrected chi connectivity index (χ4v) is 1.97. The molecule has 1 heterocycles. The molecule has 112 valence electrons. The van der Waals surface area contributed by atoms with Crippen LogP contribution in [0.3, 0.4) is 0 Å². The number of nitrogens with one attached hydrogen (secondary N) is 1. The molecule has 1 rings (SSSR count). The molecule has 0 aromatic rings. The first-order valence-electron chi connectivity index (χ1n) is 7.41. The average Bonchev–Trinajstić information content (AvgIpc) is 2.40. The van der Waals surface area contributed by atoms with E-state index in [9.17, 15) is 4.79 Å². The summed E-state index contributed by atoms with van der Waals surface area (Å²) < 4.78 is 5.57. The molecule has 0 saturated carbocycles. The van der Waals surface area contributed by atoms with E-state index in [4.69, 9.17) is 4.74 Å². The second-order valence-electron chi connectivity index (χ2n) is 5.37. The van der Waals surface area contributed by atoms with Crippen molar-refractivity contribution in [2.75, 3.05) is 52.9 Å². The minimum Gasteiger partial charge on any atom is -0.378 e. The summed E-state index contributed by atoms with van der Waals surface area (Å²) >= 11 is 0. The molecule has 1 atom stereocenters. The molecule has 1 N–H and O–H groups in total. The molecule has 1 unspecified atom stereocenters. The van der Waals surface area contributed by atoms with E-state index < -0.39 is 0 Å². The number of likely N-dealkylation sites (N-methyl/N-ethyl adjacent to an activating group) is 1. The average molecular weight is 271 g/mol. The van der Waals surface area contributed by atoms with E-state index in [0.29, 0.717) is 19.2 Å². The Bertz CT molecular complexity index is 253. The molecule has 1 aliphatic rings. The van der Waals surface area contributed by atoms with Crippen LogP contribution < -0.4 is 5.32 Å². The predicted molar refractivity (Wildman–Crippen MR) is 77.3 cm³/mol. The van der Waals surface area contributed by atoms with Crippen molar-refractivity contribution in [2.45, 2.75) is 32.8 Å². The van der Waals surface area contributed by atoms with Crippen LogP contribution in [0.4, 0.5) is 0 Å². The molecule has 0 aromatic carbocycles. The Morgan fingerprint density at radius 1 is 1.32 bits per heavy atom. The maximum atomic E-state index is 11.7. The summed E-state index contributed by atoms with van der Waals surface area (Å²) in [5, 5.41) is 2.96. The number of carbonyl (C=O) groups is 1. The molecule has 5 heteroatoms. The van der Waals surface area contributed by atoms with Gasteiger partial charge in [0.05, 0.1) is 12.6 Å². The van der Waals surface area contributed by atoms with E-state index in [-0.39, 0.29) is 5.91 Å². The van der Waals surface area contributed by atoms with Crippen LogP contribution in [0.1, 0.15) is 26.7 Å². The molecule has 1 aliphatic heterocycles. The number of rotatable bonds is 8. The van der Waals surface area contributed by atoms with Gasteiger partial charge in [0.1, 0.15) is 0 Å². The van der Waals surface area contributed by atoms with Crippen molar-refractivity contribution in [3.05, 3.63) is 0 Å². The number of ether oxygens (including phenoxy) is 1. The topological polar surface area (TPSA) is 44.8 Å². The number of amides is 1. The summed E-state index contributed by atoms with van der Waals surface area (Å²) in [6.45, 7) is 10.2. The van der Waals surface area contributed by atoms with Crippen molar-refractivity contribution in [2.24, 2.45) is 0 Å². The smallest absolute Gasteiger partial charge is 0.234 e. The summed E-state index contributed by atoms with van der Waals surface area (Å²) in [6.07, 6.45) is 2.25. The molecule has 1 amide bonds. The van der Waals surface area contributed by atoms with Gasteiger partial charge in [-0.2, -0.15) is 0 Å². The van der Waals surface area contributed by atoms with Gasteiger partial charge >= 0.3 is 0 Å². The summed E-state index contributed by atoms with van der Waals surface area (Å²) in [4.78, 5) is 16.2. The van der Waals surface area contributed by atoms with Crippen molar-refractivity contribution in [3.8, 4) is 0 Å². The van der Waals surface area contributed by atoms with Crippen molar-refractivity contribution in [1.82, 2.24) is 15.1 Å². The Morgan fingerprint density at radius 3 is 2.63 bits per heavy atom. The van der Waals surface area contributed by atoms with Crippen LogP contribution in [0.5, 0.6) is 0 Å². The van der Waals surface area contributed by atoms with Crippen molar-refractivity contribution in [1.29, 1.82) is 0 Å². The van der Waals surface area contributed by atoms with Gasteiger partial charge in [0.2, 0.25) is 5.91 Å². The van der Waals surface area contributed by atoms with Crippen LogP contribution in [-0.2, 0) is 9.53 Å². The van der Waals surface area contributed by atoms with Gasteiger partial charge in [-0.25, -0.2) is 0 Å². The highest BCUT2D eigenvalue weighted by Gasteiger charge is 2.15. The van der Waals surface area contributed by atoms with Gasteiger partial charge in [0, 0.05) is 39.3 Å². The van der Waals surface area contributed by atoms with Crippen molar-refractivity contribution >= 4 is 5.91 Å². The lowest BCUT2D eigenvalue weighted by atomic mass is 10.3. The lowest BCUT2D eigenvalue weighted by molar-refractivity contribution is -0.122. The van der Waals surface area contributed by atoms with E-state index in [1.165, 1.54) is 0 Å². The summed E-state index contributed by atoms with van der Waals surface area (Å²) in [5.74, 6) is 0.132. The first-order chi connectivity index (χ1) is 9.11. The zero-order chi connectivity index (χ0) is 14.1. The normalized spacial score (nSPS) is 19.3. The van der Waals surface area contributed by atoms with Gasteiger partial charge in [-0.05, 0) is 26.8 Å². The van der Waals surface area contributed by atoms with E-state index in [0.717, 1.165) is 45.6 Å². The van der Waals surface area contributed by atoms with Crippen LogP contribution in [0.2, 0.25) is 0 Å². The highest BCUT2D eigenvalue weighted by molar-refractivity contribution is 5.77. The van der Waals surface area contributed by atoms with Gasteiger partial charge in [-0.1, -0.05) is 6.92 Å². The maximum absolute atomic E-state index is 11.7. The van der Waals surface area contributed by atoms with Gasteiger partial charge < -0.3 is 15.0 Å². The highest BCUT2D eigenvalue weighted by atomic mass is 16.5. The molecule has 1 fully saturated rings. The largest absolute Gasteiger partial charge is 0.378 e. The molecule has 1 saturated heterocycles. The molecule has 5 nitrogen and oxygen atoms in total. The minimum absolute atomic E-state index is 0.132. The fraction of sp³-hybridized carbons (Fsp3) is 0.929. The third-order valence-corrected chi connectivity index (χ3v) is 3.58. The minimum atomic E-state index is 0.132. The fourth-order valence-electron chi connectivity index (χ4n) is 1.97. The molecule has 0 bridgehead atoms. The van der Waals surface area contributed by atoms with E-state index in [1.807, 2.05) is 0 Å². The highest BCUT2D eigenvalue weighted by Crippen LogP contribution is 1.98. The zero-order valence-electron chi connectivity index (χ0n) is 12.7. The number of hydrogen-bond acceptors (Lipinski definition) is 4. The third-order valence-electron chi connectivity index (χ3n) is 3.58. The summed E-state index contributed by atoms with van der Waals surface area (Å²) in [7, 11) is 2.12. The number of carbonyl (C=O) groups excluding carboxylic acids is 1. The summed E-state index contributed by atoms with van der Waals surface area (Å²) in [6, 6.07) is 0. The molecular weight excluding hydrogens is 242 g/mol. The third kappa shape index (κ3) is 7.50. The number of hydrogen-bond donors (Lipinski definition) is 1. The monoisotopic (exact) mass is 271 g/mol. The first kappa shape index (κ1) is 16.4. The lowest BCUT2D eigenvalue weighted by Crippen LogP contribution is -2.48. The van der Waals surface area contributed by atoms with E-state index in [2.05, 4.69) is 36.0 Å².